The van der Waals surface area contributed by atoms with Crippen LogP contribution in [-0.4, -0.2) is 11.7 Å². The topological polar surface area (TPSA) is 55.5 Å². The Morgan fingerprint density at radius 3 is 2.32 bits per heavy atom. The summed E-state index contributed by atoms with van der Waals surface area (Å²) in [7, 11) is 0. The molecule has 2 aromatic rings. The number of rotatable bonds is 4. The third-order valence-corrected chi connectivity index (χ3v) is 3.13. The largest absolute Gasteiger partial charge is 0.494 e. The molecule has 19 heavy (non-hydrogen) atoms. The quantitative estimate of drug-likeness (QED) is 0.828. The van der Waals surface area contributed by atoms with Crippen molar-refractivity contribution in [3.63, 3.8) is 0 Å². The molecule has 0 saturated carbocycles. The summed E-state index contributed by atoms with van der Waals surface area (Å²) in [5.74, 6) is 0.807. The van der Waals surface area contributed by atoms with Gasteiger partial charge in [0.1, 0.15) is 11.9 Å². The fraction of sp³-hybridized carbons (Fsp3) is 0.250. The Kier molecular flexibility index (Phi) is 4.07. The van der Waals surface area contributed by atoms with Crippen molar-refractivity contribution < 1.29 is 9.84 Å². The van der Waals surface area contributed by atoms with E-state index in [4.69, 9.17) is 10.5 Å². The van der Waals surface area contributed by atoms with Crippen molar-refractivity contribution in [1.29, 1.82) is 0 Å². The Morgan fingerprint density at radius 2 is 1.74 bits per heavy atom. The molecule has 0 bridgehead atoms. The predicted molar refractivity (Wildman–Crippen MR) is 77.3 cm³/mol. The number of aliphatic hydroxyl groups excluding tert-OH is 1. The predicted octanol–water partition coefficient (Wildman–Crippen LogP) is 3.06. The molecule has 1 atom stereocenters. The van der Waals surface area contributed by atoms with E-state index in [1.807, 2.05) is 56.3 Å². The minimum absolute atomic E-state index is 0.635. The summed E-state index contributed by atoms with van der Waals surface area (Å²) < 4.78 is 5.38. The van der Waals surface area contributed by atoms with E-state index < -0.39 is 6.10 Å². The maximum atomic E-state index is 10.3. The number of aliphatic hydroxyl groups is 1. The molecule has 0 aromatic heterocycles. The highest BCUT2D eigenvalue weighted by atomic mass is 16.5. The lowest BCUT2D eigenvalue weighted by Gasteiger charge is -2.13. The summed E-state index contributed by atoms with van der Waals surface area (Å²) in [5.41, 5.74) is 9.21. The molecule has 0 aliphatic carbocycles. The van der Waals surface area contributed by atoms with Gasteiger partial charge in [0, 0.05) is 5.69 Å². The molecule has 3 heteroatoms. The lowest BCUT2D eigenvalue weighted by molar-refractivity contribution is 0.220. The molecule has 0 heterocycles. The molecule has 0 spiro atoms. The lowest BCUT2D eigenvalue weighted by atomic mass is 9.99. The van der Waals surface area contributed by atoms with Crippen LogP contribution in [-0.2, 0) is 0 Å². The van der Waals surface area contributed by atoms with Crippen LogP contribution in [0.2, 0.25) is 0 Å². The van der Waals surface area contributed by atoms with Gasteiger partial charge in [-0.1, -0.05) is 24.3 Å². The molecule has 0 fully saturated rings. The first kappa shape index (κ1) is 13.4. The highest BCUT2D eigenvalue weighted by Crippen LogP contribution is 2.26. The summed E-state index contributed by atoms with van der Waals surface area (Å²) in [6, 6.07) is 13.1. The third-order valence-electron chi connectivity index (χ3n) is 3.13. The maximum Gasteiger partial charge on any atom is 0.119 e. The average Bonchev–Trinajstić information content (AvgIpc) is 2.42. The fourth-order valence-corrected chi connectivity index (χ4v) is 1.93. The number of anilines is 1. The first-order valence-corrected chi connectivity index (χ1v) is 6.38. The summed E-state index contributed by atoms with van der Waals surface area (Å²) in [4.78, 5) is 0. The van der Waals surface area contributed by atoms with E-state index in [1.54, 1.807) is 0 Å². The summed E-state index contributed by atoms with van der Waals surface area (Å²) in [5, 5.41) is 10.3. The molecule has 100 valence electrons. The Labute approximate surface area is 113 Å². The minimum atomic E-state index is -0.668. The van der Waals surface area contributed by atoms with Crippen LogP contribution >= 0.6 is 0 Å². The second-order valence-corrected chi connectivity index (χ2v) is 4.52. The van der Waals surface area contributed by atoms with Crippen LogP contribution in [0.1, 0.15) is 29.7 Å². The van der Waals surface area contributed by atoms with Crippen LogP contribution in [0.25, 0.3) is 0 Å². The Morgan fingerprint density at radius 1 is 1.11 bits per heavy atom. The van der Waals surface area contributed by atoms with Crippen molar-refractivity contribution in [2.75, 3.05) is 12.3 Å². The second kappa shape index (κ2) is 5.76. The highest BCUT2D eigenvalue weighted by Gasteiger charge is 2.11. The molecule has 3 nitrogen and oxygen atoms in total. The van der Waals surface area contributed by atoms with Gasteiger partial charge in [0.05, 0.1) is 6.61 Å². The van der Waals surface area contributed by atoms with Crippen molar-refractivity contribution in [2.24, 2.45) is 0 Å². The van der Waals surface area contributed by atoms with Gasteiger partial charge in [-0.3, -0.25) is 0 Å². The summed E-state index contributed by atoms with van der Waals surface area (Å²) >= 11 is 0. The van der Waals surface area contributed by atoms with Crippen molar-refractivity contribution in [3.05, 3.63) is 59.2 Å². The van der Waals surface area contributed by atoms with Gasteiger partial charge in [-0.15, -0.1) is 0 Å². The van der Waals surface area contributed by atoms with Crippen LogP contribution in [0.3, 0.4) is 0 Å². The maximum absolute atomic E-state index is 10.3. The number of benzene rings is 2. The van der Waals surface area contributed by atoms with Gasteiger partial charge in [0.2, 0.25) is 0 Å². The summed E-state index contributed by atoms with van der Waals surface area (Å²) in [6.45, 7) is 4.52. The first-order chi connectivity index (χ1) is 9.11. The Bertz CT molecular complexity index is 549. The van der Waals surface area contributed by atoms with Crippen LogP contribution in [0.4, 0.5) is 5.69 Å². The highest BCUT2D eigenvalue weighted by molar-refractivity contribution is 5.50. The second-order valence-electron chi connectivity index (χ2n) is 4.52. The third kappa shape index (κ3) is 3.06. The molecular weight excluding hydrogens is 238 g/mol. The number of ether oxygens (including phenoxy) is 1. The van der Waals surface area contributed by atoms with Gasteiger partial charge in [0.15, 0.2) is 0 Å². The molecule has 0 unspecified atom stereocenters. The van der Waals surface area contributed by atoms with Gasteiger partial charge < -0.3 is 15.6 Å². The number of nitrogen functional groups attached to an aromatic ring is 1. The van der Waals surface area contributed by atoms with E-state index >= 15 is 0 Å². The monoisotopic (exact) mass is 257 g/mol. The molecule has 3 N–H and O–H groups in total. The van der Waals surface area contributed by atoms with Gasteiger partial charge in [0.25, 0.3) is 0 Å². The van der Waals surface area contributed by atoms with Crippen LogP contribution in [0, 0.1) is 6.92 Å². The van der Waals surface area contributed by atoms with E-state index in [9.17, 15) is 5.11 Å². The molecule has 0 aliphatic rings. The smallest absolute Gasteiger partial charge is 0.119 e. The molecule has 0 aliphatic heterocycles. The fourth-order valence-electron chi connectivity index (χ4n) is 1.93. The van der Waals surface area contributed by atoms with E-state index in [0.29, 0.717) is 12.3 Å². The first-order valence-electron chi connectivity index (χ1n) is 6.38. The SMILES string of the molecule is CCOc1ccc([C@@H](O)c2ccc(C)c(N)c2)cc1. The molecule has 2 aromatic carbocycles. The van der Waals surface area contributed by atoms with Gasteiger partial charge in [-0.25, -0.2) is 0 Å². The normalized spacial score (nSPS) is 12.2. The number of aryl methyl sites for hydroxylation is 1. The van der Waals surface area contributed by atoms with Gasteiger partial charge in [-0.2, -0.15) is 0 Å². The zero-order valence-corrected chi connectivity index (χ0v) is 11.3. The summed E-state index contributed by atoms with van der Waals surface area (Å²) in [6.07, 6.45) is -0.668. The lowest BCUT2D eigenvalue weighted by Crippen LogP contribution is -2.01. The van der Waals surface area contributed by atoms with Gasteiger partial charge >= 0.3 is 0 Å². The van der Waals surface area contributed by atoms with Gasteiger partial charge in [-0.05, 0) is 48.7 Å². The standard InChI is InChI=1S/C16H19NO2/c1-3-19-14-8-6-12(7-9-14)16(18)13-5-4-11(2)15(17)10-13/h4-10,16,18H,3,17H2,1-2H3/t16-/m1/s1. The zero-order valence-electron chi connectivity index (χ0n) is 11.3. The molecule has 0 radical (unpaired) electrons. The minimum Gasteiger partial charge on any atom is -0.494 e. The Hall–Kier alpha value is -2.00. The number of hydrogen-bond acceptors (Lipinski definition) is 3. The molecule has 0 amide bonds. The van der Waals surface area contributed by atoms with Crippen molar-refractivity contribution in [2.45, 2.75) is 20.0 Å². The Balaban J connectivity index is 2.22. The van der Waals surface area contributed by atoms with E-state index in [0.717, 1.165) is 22.4 Å². The van der Waals surface area contributed by atoms with Crippen LogP contribution in [0.5, 0.6) is 5.75 Å². The van der Waals surface area contributed by atoms with E-state index in [2.05, 4.69) is 0 Å². The van der Waals surface area contributed by atoms with Crippen molar-refractivity contribution in [1.82, 2.24) is 0 Å². The molecular formula is C16H19NO2. The van der Waals surface area contributed by atoms with Crippen LogP contribution < -0.4 is 10.5 Å². The molecule has 2 rings (SSSR count). The van der Waals surface area contributed by atoms with Crippen molar-refractivity contribution in [3.8, 4) is 5.75 Å². The van der Waals surface area contributed by atoms with E-state index in [1.165, 1.54) is 0 Å². The number of hydrogen-bond donors (Lipinski definition) is 2. The average molecular weight is 257 g/mol. The molecule has 0 saturated heterocycles. The van der Waals surface area contributed by atoms with Crippen LogP contribution in [0.15, 0.2) is 42.5 Å². The van der Waals surface area contributed by atoms with E-state index in [-0.39, 0.29) is 0 Å². The zero-order chi connectivity index (χ0) is 13.8. The van der Waals surface area contributed by atoms with Crippen molar-refractivity contribution >= 4 is 5.69 Å². The number of nitrogens with two attached hydrogens (primary N) is 1.